The molecule has 1 aliphatic heterocycles. The monoisotopic (exact) mass is 297 g/mol. The van der Waals surface area contributed by atoms with Crippen LogP contribution in [0.2, 0.25) is 0 Å². The largest absolute Gasteiger partial charge is 0.465 e. The molecule has 0 aromatic carbocycles. The Morgan fingerprint density at radius 3 is 2.68 bits per heavy atom. The molecule has 1 saturated heterocycles. The number of aromatic nitrogens is 1. The Bertz CT molecular complexity index is 584. The van der Waals surface area contributed by atoms with Crippen molar-refractivity contribution in [3.63, 3.8) is 0 Å². The van der Waals surface area contributed by atoms with Crippen LogP contribution in [-0.4, -0.2) is 47.5 Å². The summed E-state index contributed by atoms with van der Waals surface area (Å²) in [6.45, 7) is 8.65. The van der Waals surface area contributed by atoms with Crippen LogP contribution < -0.4 is 0 Å². The van der Waals surface area contributed by atoms with Gasteiger partial charge in [-0.2, -0.15) is 0 Å². The van der Waals surface area contributed by atoms with Gasteiger partial charge in [0.1, 0.15) is 5.76 Å². The molecule has 4 heteroatoms. The third-order valence-electron chi connectivity index (χ3n) is 4.00. The minimum absolute atomic E-state index is 0.938. The molecule has 0 unspecified atom stereocenters. The van der Waals surface area contributed by atoms with Gasteiger partial charge in [0.2, 0.25) is 0 Å². The van der Waals surface area contributed by atoms with E-state index in [4.69, 9.17) is 4.42 Å². The normalized spacial score (nSPS) is 17.8. The van der Waals surface area contributed by atoms with E-state index in [0.717, 1.165) is 45.0 Å². The van der Waals surface area contributed by atoms with Gasteiger partial charge in [0.05, 0.1) is 6.26 Å². The summed E-state index contributed by atoms with van der Waals surface area (Å²) in [6.07, 6.45) is 7.64. The Hall–Kier alpha value is -1.91. The lowest BCUT2D eigenvalue weighted by Gasteiger charge is -2.34. The van der Waals surface area contributed by atoms with Crippen molar-refractivity contribution in [2.45, 2.75) is 13.5 Å². The quantitative estimate of drug-likeness (QED) is 0.849. The highest BCUT2D eigenvalue weighted by atomic mass is 16.3. The molecule has 0 amide bonds. The first-order chi connectivity index (χ1) is 10.8. The highest BCUT2D eigenvalue weighted by Gasteiger charge is 2.17. The molecule has 0 atom stereocenters. The maximum atomic E-state index is 5.37. The van der Waals surface area contributed by atoms with Crippen molar-refractivity contribution in [1.82, 2.24) is 14.8 Å². The number of hydrogen-bond donors (Lipinski definition) is 0. The zero-order valence-electron chi connectivity index (χ0n) is 13.1. The number of pyridine rings is 1. The van der Waals surface area contributed by atoms with Gasteiger partial charge in [0, 0.05) is 51.7 Å². The number of furan rings is 1. The summed E-state index contributed by atoms with van der Waals surface area (Å²) >= 11 is 0. The van der Waals surface area contributed by atoms with Crippen LogP contribution >= 0.6 is 0 Å². The standard InChI is InChI=1S/C18H23N3O/c1-16(12-18-5-3-11-22-18)14-20-7-9-21(10-8-20)15-17-4-2-6-19-13-17/h2-6,11-13H,7-10,14-15H2,1H3/b16-12+. The van der Waals surface area contributed by atoms with E-state index in [-0.39, 0.29) is 0 Å². The third kappa shape index (κ3) is 4.29. The molecule has 2 aromatic heterocycles. The van der Waals surface area contributed by atoms with E-state index in [1.165, 1.54) is 11.1 Å². The van der Waals surface area contributed by atoms with Gasteiger partial charge in [-0.15, -0.1) is 0 Å². The van der Waals surface area contributed by atoms with Crippen LogP contribution in [0, 0.1) is 0 Å². The van der Waals surface area contributed by atoms with Crippen molar-refractivity contribution in [3.8, 4) is 0 Å². The second-order valence-electron chi connectivity index (χ2n) is 5.92. The zero-order chi connectivity index (χ0) is 15.2. The van der Waals surface area contributed by atoms with E-state index in [9.17, 15) is 0 Å². The Kier molecular flexibility index (Phi) is 5.03. The first-order valence-corrected chi connectivity index (χ1v) is 7.84. The van der Waals surface area contributed by atoms with E-state index >= 15 is 0 Å². The highest BCUT2D eigenvalue weighted by Crippen LogP contribution is 2.11. The van der Waals surface area contributed by atoms with E-state index in [1.54, 1.807) is 6.26 Å². The number of piperazine rings is 1. The lowest BCUT2D eigenvalue weighted by atomic mass is 10.2. The highest BCUT2D eigenvalue weighted by molar-refractivity contribution is 5.46. The van der Waals surface area contributed by atoms with Crippen LogP contribution in [0.15, 0.2) is 52.9 Å². The van der Waals surface area contributed by atoms with Gasteiger partial charge in [-0.25, -0.2) is 0 Å². The van der Waals surface area contributed by atoms with Gasteiger partial charge >= 0.3 is 0 Å². The molecule has 116 valence electrons. The Morgan fingerprint density at radius 1 is 1.18 bits per heavy atom. The van der Waals surface area contributed by atoms with Gasteiger partial charge in [-0.3, -0.25) is 14.8 Å². The van der Waals surface area contributed by atoms with Crippen molar-refractivity contribution < 1.29 is 4.42 Å². The van der Waals surface area contributed by atoms with Gasteiger partial charge in [-0.05, 0) is 36.8 Å². The van der Waals surface area contributed by atoms with Gasteiger partial charge in [0.25, 0.3) is 0 Å². The minimum Gasteiger partial charge on any atom is -0.465 e. The van der Waals surface area contributed by atoms with Gasteiger partial charge < -0.3 is 4.42 Å². The van der Waals surface area contributed by atoms with Crippen molar-refractivity contribution in [3.05, 3.63) is 59.8 Å². The summed E-state index contributed by atoms with van der Waals surface area (Å²) in [7, 11) is 0. The molecule has 1 fully saturated rings. The molecule has 22 heavy (non-hydrogen) atoms. The molecule has 1 aliphatic rings. The molecule has 0 N–H and O–H groups in total. The molecular formula is C18H23N3O. The average Bonchev–Trinajstić information content (AvgIpc) is 3.03. The van der Waals surface area contributed by atoms with E-state index in [0.29, 0.717) is 0 Å². The van der Waals surface area contributed by atoms with E-state index in [1.807, 2.05) is 30.6 Å². The second kappa shape index (κ2) is 7.38. The lowest BCUT2D eigenvalue weighted by Crippen LogP contribution is -2.46. The number of rotatable bonds is 5. The summed E-state index contributed by atoms with van der Waals surface area (Å²) in [6, 6.07) is 8.08. The van der Waals surface area contributed by atoms with Crippen LogP contribution in [0.3, 0.4) is 0 Å². The lowest BCUT2D eigenvalue weighted by molar-refractivity contribution is 0.135. The molecular weight excluding hydrogens is 274 g/mol. The smallest absolute Gasteiger partial charge is 0.126 e. The van der Waals surface area contributed by atoms with Crippen molar-refractivity contribution >= 4 is 6.08 Å². The summed E-state index contributed by atoms with van der Waals surface area (Å²) in [4.78, 5) is 9.19. The molecule has 3 rings (SSSR count). The fourth-order valence-electron chi connectivity index (χ4n) is 2.87. The first kappa shape index (κ1) is 15.0. The molecule has 2 aromatic rings. The summed E-state index contributed by atoms with van der Waals surface area (Å²) in [5, 5.41) is 0. The predicted molar refractivity (Wildman–Crippen MR) is 88.3 cm³/mol. The Balaban J connectivity index is 1.45. The molecule has 4 nitrogen and oxygen atoms in total. The average molecular weight is 297 g/mol. The van der Waals surface area contributed by atoms with Crippen molar-refractivity contribution in [2.24, 2.45) is 0 Å². The molecule has 0 aliphatic carbocycles. The van der Waals surface area contributed by atoms with Crippen molar-refractivity contribution in [2.75, 3.05) is 32.7 Å². The number of hydrogen-bond acceptors (Lipinski definition) is 4. The second-order valence-corrected chi connectivity index (χ2v) is 5.92. The van der Waals surface area contributed by atoms with Gasteiger partial charge in [0.15, 0.2) is 0 Å². The van der Waals surface area contributed by atoms with Crippen LogP contribution in [-0.2, 0) is 6.54 Å². The summed E-state index contributed by atoms with van der Waals surface area (Å²) < 4.78 is 5.37. The topological polar surface area (TPSA) is 32.5 Å². The van der Waals surface area contributed by atoms with E-state index < -0.39 is 0 Å². The van der Waals surface area contributed by atoms with Crippen LogP contribution in [0.4, 0.5) is 0 Å². The fraction of sp³-hybridized carbons (Fsp3) is 0.389. The van der Waals surface area contributed by atoms with Crippen LogP contribution in [0.5, 0.6) is 0 Å². The SMILES string of the molecule is C/C(=C\c1ccco1)CN1CCN(Cc2cccnc2)CC1. The molecule has 0 radical (unpaired) electrons. The Labute approximate surface area is 132 Å². The van der Waals surface area contributed by atoms with Gasteiger partial charge in [-0.1, -0.05) is 11.6 Å². The summed E-state index contributed by atoms with van der Waals surface area (Å²) in [5.41, 5.74) is 2.64. The third-order valence-corrected chi connectivity index (χ3v) is 4.00. The molecule has 0 bridgehead atoms. The molecule has 3 heterocycles. The van der Waals surface area contributed by atoms with Crippen LogP contribution in [0.1, 0.15) is 18.2 Å². The Morgan fingerprint density at radius 2 is 2.00 bits per heavy atom. The maximum absolute atomic E-state index is 5.37. The van der Waals surface area contributed by atoms with Crippen molar-refractivity contribution in [1.29, 1.82) is 0 Å². The zero-order valence-corrected chi connectivity index (χ0v) is 13.1. The molecule has 0 saturated carbocycles. The first-order valence-electron chi connectivity index (χ1n) is 7.84. The van der Waals surface area contributed by atoms with E-state index in [2.05, 4.69) is 33.8 Å². The number of nitrogens with zero attached hydrogens (tertiary/aromatic N) is 3. The molecule has 0 spiro atoms. The van der Waals surface area contributed by atoms with Crippen LogP contribution in [0.25, 0.3) is 6.08 Å². The predicted octanol–water partition coefficient (Wildman–Crippen LogP) is 2.90. The fourth-order valence-corrected chi connectivity index (χ4v) is 2.87. The maximum Gasteiger partial charge on any atom is 0.126 e. The summed E-state index contributed by atoms with van der Waals surface area (Å²) in [5.74, 6) is 0.938. The minimum atomic E-state index is 0.938.